The predicted molar refractivity (Wildman–Crippen MR) is 70.1 cm³/mol. The van der Waals surface area contributed by atoms with Crippen LogP contribution in [0, 0.1) is 6.92 Å². The lowest BCUT2D eigenvalue weighted by Gasteiger charge is -2.27. The molecule has 1 saturated carbocycles. The highest BCUT2D eigenvalue weighted by Crippen LogP contribution is 2.25. The topological polar surface area (TPSA) is 92.1 Å². The summed E-state index contributed by atoms with van der Waals surface area (Å²) in [5.41, 5.74) is 5.54. The zero-order chi connectivity index (χ0) is 13.8. The zero-order valence-electron chi connectivity index (χ0n) is 11.0. The van der Waals surface area contributed by atoms with Gasteiger partial charge in [-0.3, -0.25) is 4.79 Å². The van der Waals surface area contributed by atoms with Crippen molar-refractivity contribution in [1.29, 1.82) is 0 Å². The SMILES string of the molecule is Cc1ccc(C(=O)N(CC(N)=NO)C2CCCC2)o1. The fraction of sp³-hybridized carbons (Fsp3) is 0.538. The van der Waals surface area contributed by atoms with Crippen molar-refractivity contribution in [1.82, 2.24) is 4.90 Å². The molecule has 0 saturated heterocycles. The first-order chi connectivity index (χ1) is 9.11. The predicted octanol–water partition coefficient (Wildman–Crippen LogP) is 1.72. The number of amides is 1. The van der Waals surface area contributed by atoms with E-state index in [0.29, 0.717) is 11.5 Å². The van der Waals surface area contributed by atoms with E-state index in [1.54, 1.807) is 24.0 Å². The highest BCUT2D eigenvalue weighted by Gasteiger charge is 2.29. The zero-order valence-corrected chi connectivity index (χ0v) is 11.0. The number of carbonyl (C=O) groups excluding carboxylic acids is 1. The molecule has 6 nitrogen and oxygen atoms in total. The second kappa shape index (κ2) is 5.77. The fourth-order valence-corrected chi connectivity index (χ4v) is 2.48. The van der Waals surface area contributed by atoms with Gasteiger partial charge in [-0.25, -0.2) is 0 Å². The van der Waals surface area contributed by atoms with Crippen molar-refractivity contribution in [3.63, 3.8) is 0 Å². The Hall–Kier alpha value is -1.98. The van der Waals surface area contributed by atoms with E-state index in [4.69, 9.17) is 15.4 Å². The van der Waals surface area contributed by atoms with Crippen LogP contribution in [0.2, 0.25) is 0 Å². The summed E-state index contributed by atoms with van der Waals surface area (Å²) < 4.78 is 5.37. The Morgan fingerprint density at radius 2 is 2.21 bits per heavy atom. The minimum absolute atomic E-state index is 0.0310. The molecule has 1 aliphatic rings. The van der Waals surface area contributed by atoms with Gasteiger partial charge in [0.2, 0.25) is 0 Å². The summed E-state index contributed by atoms with van der Waals surface area (Å²) in [6.45, 7) is 1.92. The number of oxime groups is 1. The van der Waals surface area contributed by atoms with Gasteiger partial charge in [-0.05, 0) is 31.9 Å². The Labute approximate surface area is 111 Å². The molecule has 0 unspecified atom stereocenters. The molecular formula is C13H19N3O3. The van der Waals surface area contributed by atoms with Crippen LogP contribution in [0.1, 0.15) is 42.0 Å². The van der Waals surface area contributed by atoms with E-state index in [-0.39, 0.29) is 24.3 Å². The lowest BCUT2D eigenvalue weighted by Crippen LogP contribution is -2.44. The molecule has 0 radical (unpaired) electrons. The molecule has 1 aromatic heterocycles. The van der Waals surface area contributed by atoms with Crippen molar-refractivity contribution in [2.45, 2.75) is 38.6 Å². The van der Waals surface area contributed by atoms with Gasteiger partial charge in [0.05, 0.1) is 6.54 Å². The summed E-state index contributed by atoms with van der Waals surface area (Å²) in [6, 6.07) is 3.55. The molecule has 6 heteroatoms. The number of amidine groups is 1. The Kier molecular flexibility index (Phi) is 4.09. The molecule has 0 spiro atoms. The summed E-state index contributed by atoms with van der Waals surface area (Å²) in [5, 5.41) is 11.6. The number of nitrogens with two attached hydrogens (primary N) is 1. The first-order valence-electron chi connectivity index (χ1n) is 6.45. The molecule has 1 aromatic rings. The average Bonchev–Trinajstić information content (AvgIpc) is 3.05. The van der Waals surface area contributed by atoms with Crippen LogP contribution in [0.3, 0.4) is 0 Å². The van der Waals surface area contributed by atoms with Gasteiger partial charge >= 0.3 is 0 Å². The molecule has 3 N–H and O–H groups in total. The van der Waals surface area contributed by atoms with Crippen molar-refractivity contribution >= 4 is 11.7 Å². The van der Waals surface area contributed by atoms with Gasteiger partial charge in [0.15, 0.2) is 11.6 Å². The van der Waals surface area contributed by atoms with Crippen LogP contribution in [0.25, 0.3) is 0 Å². The Balaban J connectivity index is 2.18. The van der Waals surface area contributed by atoms with Crippen LogP contribution in [0.5, 0.6) is 0 Å². The summed E-state index contributed by atoms with van der Waals surface area (Å²) >= 11 is 0. The van der Waals surface area contributed by atoms with E-state index < -0.39 is 0 Å². The third-order valence-corrected chi connectivity index (χ3v) is 3.44. The average molecular weight is 265 g/mol. The number of carbonyl (C=O) groups is 1. The van der Waals surface area contributed by atoms with Gasteiger partial charge < -0.3 is 20.3 Å². The Morgan fingerprint density at radius 1 is 1.53 bits per heavy atom. The third-order valence-electron chi connectivity index (χ3n) is 3.44. The maximum Gasteiger partial charge on any atom is 0.290 e. The summed E-state index contributed by atoms with van der Waals surface area (Å²) in [4.78, 5) is 14.1. The van der Waals surface area contributed by atoms with E-state index in [0.717, 1.165) is 25.7 Å². The number of nitrogens with zero attached hydrogens (tertiary/aromatic N) is 2. The second-order valence-electron chi connectivity index (χ2n) is 4.87. The highest BCUT2D eigenvalue weighted by molar-refractivity contribution is 5.95. The number of furan rings is 1. The quantitative estimate of drug-likeness (QED) is 0.375. The van der Waals surface area contributed by atoms with Gasteiger partial charge in [-0.2, -0.15) is 0 Å². The van der Waals surface area contributed by atoms with Crippen molar-refractivity contribution < 1.29 is 14.4 Å². The van der Waals surface area contributed by atoms with Gasteiger partial charge in [-0.1, -0.05) is 18.0 Å². The van der Waals surface area contributed by atoms with E-state index in [9.17, 15) is 4.79 Å². The molecular weight excluding hydrogens is 246 g/mol. The van der Waals surface area contributed by atoms with Crippen molar-refractivity contribution in [3.05, 3.63) is 23.7 Å². The fourth-order valence-electron chi connectivity index (χ4n) is 2.48. The molecule has 1 heterocycles. The highest BCUT2D eigenvalue weighted by atomic mass is 16.4. The minimum atomic E-state index is -0.202. The van der Waals surface area contributed by atoms with Crippen LogP contribution < -0.4 is 5.73 Å². The Bertz CT molecular complexity index is 475. The van der Waals surface area contributed by atoms with E-state index in [1.165, 1.54) is 0 Å². The van der Waals surface area contributed by atoms with Crippen LogP contribution >= 0.6 is 0 Å². The monoisotopic (exact) mass is 265 g/mol. The molecule has 0 aliphatic heterocycles. The molecule has 0 aromatic carbocycles. The summed E-state index contributed by atoms with van der Waals surface area (Å²) in [5.74, 6) is 0.823. The van der Waals surface area contributed by atoms with Crippen LogP contribution in [-0.2, 0) is 0 Å². The lowest BCUT2D eigenvalue weighted by molar-refractivity contribution is 0.0678. The lowest BCUT2D eigenvalue weighted by atomic mass is 10.2. The smallest absolute Gasteiger partial charge is 0.290 e. The molecule has 1 amide bonds. The number of rotatable bonds is 4. The molecule has 1 fully saturated rings. The standard InChI is InChI=1S/C13H19N3O3/c1-9-6-7-11(19-9)13(17)16(8-12(14)15-18)10-4-2-3-5-10/h6-7,10,18H,2-5,8H2,1H3,(H2,14,15). The normalized spacial score (nSPS) is 16.8. The summed E-state index contributed by atoms with van der Waals surface area (Å²) in [7, 11) is 0. The first-order valence-corrected chi connectivity index (χ1v) is 6.45. The third kappa shape index (κ3) is 3.07. The number of hydrogen-bond acceptors (Lipinski definition) is 4. The van der Waals surface area contributed by atoms with Crippen LogP contribution in [0.15, 0.2) is 21.7 Å². The van der Waals surface area contributed by atoms with Crippen molar-refractivity contribution in [2.24, 2.45) is 10.9 Å². The number of hydrogen-bond donors (Lipinski definition) is 2. The van der Waals surface area contributed by atoms with Crippen molar-refractivity contribution in [2.75, 3.05) is 6.54 Å². The van der Waals surface area contributed by atoms with Gasteiger partial charge in [0.25, 0.3) is 5.91 Å². The second-order valence-corrected chi connectivity index (χ2v) is 4.87. The largest absolute Gasteiger partial charge is 0.456 e. The summed E-state index contributed by atoms with van der Waals surface area (Å²) in [6.07, 6.45) is 4.10. The van der Waals surface area contributed by atoms with Gasteiger partial charge in [-0.15, -0.1) is 0 Å². The molecule has 0 bridgehead atoms. The van der Waals surface area contributed by atoms with Crippen LogP contribution in [-0.4, -0.2) is 34.4 Å². The number of aryl methyl sites for hydroxylation is 1. The Morgan fingerprint density at radius 3 is 2.74 bits per heavy atom. The minimum Gasteiger partial charge on any atom is -0.456 e. The van der Waals surface area contributed by atoms with E-state index >= 15 is 0 Å². The molecule has 104 valence electrons. The van der Waals surface area contributed by atoms with E-state index in [1.807, 2.05) is 0 Å². The maximum atomic E-state index is 12.4. The maximum absolute atomic E-state index is 12.4. The molecule has 2 rings (SSSR count). The first kappa shape index (κ1) is 13.5. The van der Waals surface area contributed by atoms with Crippen LogP contribution in [0.4, 0.5) is 0 Å². The molecule has 0 atom stereocenters. The van der Waals surface area contributed by atoms with E-state index in [2.05, 4.69) is 5.16 Å². The van der Waals surface area contributed by atoms with Gasteiger partial charge in [0.1, 0.15) is 5.76 Å². The van der Waals surface area contributed by atoms with Crippen molar-refractivity contribution in [3.8, 4) is 0 Å². The van der Waals surface area contributed by atoms with Gasteiger partial charge in [0, 0.05) is 6.04 Å². The molecule has 1 aliphatic carbocycles. The molecule has 19 heavy (non-hydrogen) atoms.